The standard InChI is InChI=1S/C12H15N5O3/c1-7-11(8(2)16(4)15-7)20-12-9(17(18)19)5-6-10(13-3)14-12/h5-6H,1-4H3,(H,13,14). The van der Waals surface area contributed by atoms with Crippen molar-refractivity contribution in [2.75, 3.05) is 12.4 Å². The highest BCUT2D eigenvalue weighted by Crippen LogP contribution is 2.33. The molecule has 0 aromatic carbocycles. The number of aromatic nitrogens is 3. The summed E-state index contributed by atoms with van der Waals surface area (Å²) in [7, 11) is 3.46. The third-order valence-electron chi connectivity index (χ3n) is 2.93. The molecule has 2 heterocycles. The molecule has 0 atom stereocenters. The van der Waals surface area contributed by atoms with Gasteiger partial charge in [-0.15, -0.1) is 0 Å². The quantitative estimate of drug-likeness (QED) is 0.679. The van der Waals surface area contributed by atoms with Crippen molar-refractivity contribution < 1.29 is 9.66 Å². The molecule has 0 unspecified atom stereocenters. The molecule has 106 valence electrons. The van der Waals surface area contributed by atoms with E-state index in [0.29, 0.717) is 17.3 Å². The lowest BCUT2D eigenvalue weighted by molar-refractivity contribution is -0.386. The first-order chi connectivity index (χ1) is 9.43. The number of rotatable bonds is 4. The third-order valence-corrected chi connectivity index (χ3v) is 2.93. The summed E-state index contributed by atoms with van der Waals surface area (Å²) in [6.45, 7) is 3.60. The number of hydrogen-bond acceptors (Lipinski definition) is 6. The first-order valence-electron chi connectivity index (χ1n) is 5.95. The molecule has 2 rings (SSSR count). The van der Waals surface area contributed by atoms with Gasteiger partial charge in [0, 0.05) is 20.2 Å². The summed E-state index contributed by atoms with van der Waals surface area (Å²) in [5.41, 5.74) is 1.23. The van der Waals surface area contributed by atoms with Gasteiger partial charge >= 0.3 is 11.6 Å². The number of pyridine rings is 1. The highest BCUT2D eigenvalue weighted by atomic mass is 16.6. The molecule has 20 heavy (non-hydrogen) atoms. The van der Waals surface area contributed by atoms with E-state index in [2.05, 4.69) is 15.4 Å². The van der Waals surface area contributed by atoms with Gasteiger partial charge in [0.05, 0.1) is 10.6 Å². The van der Waals surface area contributed by atoms with Crippen LogP contribution in [0.4, 0.5) is 11.5 Å². The predicted molar refractivity (Wildman–Crippen MR) is 73.2 cm³/mol. The van der Waals surface area contributed by atoms with E-state index in [1.165, 1.54) is 12.1 Å². The van der Waals surface area contributed by atoms with E-state index in [-0.39, 0.29) is 11.6 Å². The number of nitrogens with one attached hydrogen (secondary N) is 1. The average Bonchev–Trinajstić information content (AvgIpc) is 2.65. The van der Waals surface area contributed by atoms with Crippen molar-refractivity contribution in [2.24, 2.45) is 7.05 Å². The van der Waals surface area contributed by atoms with Crippen LogP contribution in [0.15, 0.2) is 12.1 Å². The maximum Gasteiger partial charge on any atom is 0.331 e. The molecular formula is C12H15N5O3. The Morgan fingerprint density at radius 1 is 1.40 bits per heavy atom. The van der Waals surface area contributed by atoms with E-state index in [9.17, 15) is 10.1 Å². The molecule has 0 spiro atoms. The number of hydrogen-bond donors (Lipinski definition) is 1. The Balaban J connectivity index is 2.48. The van der Waals surface area contributed by atoms with E-state index in [0.717, 1.165) is 5.69 Å². The van der Waals surface area contributed by atoms with E-state index in [4.69, 9.17) is 4.74 Å². The Hall–Kier alpha value is -2.64. The lowest BCUT2D eigenvalue weighted by Gasteiger charge is -2.07. The Morgan fingerprint density at radius 3 is 2.60 bits per heavy atom. The molecule has 0 amide bonds. The minimum atomic E-state index is -0.525. The second-order valence-electron chi connectivity index (χ2n) is 4.25. The molecule has 0 radical (unpaired) electrons. The Labute approximate surface area is 115 Å². The lowest BCUT2D eigenvalue weighted by Crippen LogP contribution is -2.00. The lowest BCUT2D eigenvalue weighted by atomic mass is 10.3. The minimum Gasteiger partial charge on any atom is -0.430 e. The number of anilines is 1. The Bertz CT molecular complexity index is 665. The first kappa shape index (κ1) is 13.8. The van der Waals surface area contributed by atoms with Gasteiger partial charge in [0.2, 0.25) is 0 Å². The zero-order valence-electron chi connectivity index (χ0n) is 11.7. The van der Waals surface area contributed by atoms with Gasteiger partial charge in [-0.3, -0.25) is 14.8 Å². The van der Waals surface area contributed by atoms with Crippen LogP contribution in [0.3, 0.4) is 0 Å². The van der Waals surface area contributed by atoms with Gasteiger partial charge in [-0.2, -0.15) is 10.1 Å². The van der Waals surface area contributed by atoms with Crippen molar-refractivity contribution in [3.8, 4) is 11.6 Å². The van der Waals surface area contributed by atoms with E-state index < -0.39 is 4.92 Å². The van der Waals surface area contributed by atoms with Crippen molar-refractivity contribution >= 4 is 11.5 Å². The number of nitrogens with zero attached hydrogens (tertiary/aromatic N) is 4. The monoisotopic (exact) mass is 277 g/mol. The zero-order chi connectivity index (χ0) is 14.9. The summed E-state index contributed by atoms with van der Waals surface area (Å²) >= 11 is 0. The van der Waals surface area contributed by atoms with E-state index in [1.807, 2.05) is 6.92 Å². The molecular weight excluding hydrogens is 262 g/mol. The van der Waals surface area contributed by atoms with Crippen molar-refractivity contribution in [2.45, 2.75) is 13.8 Å². The summed E-state index contributed by atoms with van der Waals surface area (Å²) in [6.07, 6.45) is 0. The molecule has 0 bridgehead atoms. The summed E-state index contributed by atoms with van der Waals surface area (Å²) in [6, 6.07) is 2.88. The van der Waals surface area contributed by atoms with Crippen LogP contribution in [0.5, 0.6) is 11.6 Å². The normalized spacial score (nSPS) is 10.4. The van der Waals surface area contributed by atoms with Crippen LogP contribution in [-0.4, -0.2) is 26.7 Å². The van der Waals surface area contributed by atoms with Crippen LogP contribution < -0.4 is 10.1 Å². The number of aryl methyl sites for hydroxylation is 2. The SMILES string of the molecule is CNc1ccc([N+](=O)[O-])c(Oc2c(C)nn(C)c2C)n1. The summed E-state index contributed by atoms with van der Waals surface area (Å²) in [5, 5.41) is 18.1. The fraction of sp³-hybridized carbons (Fsp3) is 0.333. The van der Waals surface area contributed by atoms with Gasteiger partial charge in [-0.1, -0.05) is 0 Å². The second kappa shape index (κ2) is 5.16. The molecule has 8 heteroatoms. The third kappa shape index (κ3) is 2.40. The summed E-state index contributed by atoms with van der Waals surface area (Å²) in [4.78, 5) is 14.6. The van der Waals surface area contributed by atoms with E-state index in [1.54, 1.807) is 25.7 Å². The van der Waals surface area contributed by atoms with Crippen molar-refractivity contribution in [3.05, 3.63) is 33.6 Å². The minimum absolute atomic E-state index is 0.0546. The molecule has 0 aliphatic rings. The molecule has 0 fully saturated rings. The number of ether oxygens (including phenoxy) is 1. The van der Waals surface area contributed by atoms with Crippen LogP contribution in [0, 0.1) is 24.0 Å². The maximum absolute atomic E-state index is 11.0. The molecule has 1 N–H and O–H groups in total. The van der Waals surface area contributed by atoms with Crippen LogP contribution in [0.1, 0.15) is 11.4 Å². The van der Waals surface area contributed by atoms with Crippen LogP contribution in [0.25, 0.3) is 0 Å². The van der Waals surface area contributed by atoms with Gasteiger partial charge in [-0.05, 0) is 19.9 Å². The van der Waals surface area contributed by atoms with Gasteiger partial charge in [0.25, 0.3) is 0 Å². The Kier molecular flexibility index (Phi) is 3.55. The molecule has 8 nitrogen and oxygen atoms in total. The Morgan fingerprint density at radius 2 is 2.10 bits per heavy atom. The molecule has 2 aromatic heterocycles. The van der Waals surface area contributed by atoms with Crippen molar-refractivity contribution in [1.29, 1.82) is 0 Å². The van der Waals surface area contributed by atoms with Crippen LogP contribution >= 0.6 is 0 Å². The smallest absolute Gasteiger partial charge is 0.331 e. The molecule has 0 saturated carbocycles. The fourth-order valence-corrected chi connectivity index (χ4v) is 1.78. The van der Waals surface area contributed by atoms with Crippen LogP contribution in [-0.2, 0) is 7.05 Å². The topological polar surface area (TPSA) is 95.1 Å². The van der Waals surface area contributed by atoms with Gasteiger partial charge in [0.1, 0.15) is 11.5 Å². The molecule has 0 saturated heterocycles. The second-order valence-corrected chi connectivity index (χ2v) is 4.25. The molecule has 0 aliphatic carbocycles. The summed E-state index contributed by atoms with van der Waals surface area (Å²) in [5.74, 6) is 0.919. The molecule has 2 aromatic rings. The van der Waals surface area contributed by atoms with Crippen molar-refractivity contribution in [1.82, 2.24) is 14.8 Å². The summed E-state index contributed by atoms with van der Waals surface area (Å²) < 4.78 is 7.27. The maximum atomic E-state index is 11.0. The first-order valence-corrected chi connectivity index (χ1v) is 5.95. The highest BCUT2D eigenvalue weighted by Gasteiger charge is 2.21. The fourth-order valence-electron chi connectivity index (χ4n) is 1.78. The number of nitro groups is 1. The zero-order valence-corrected chi connectivity index (χ0v) is 11.7. The predicted octanol–water partition coefficient (Wildman–Crippen LogP) is 2.17. The van der Waals surface area contributed by atoms with Gasteiger partial charge in [0.15, 0.2) is 5.75 Å². The molecule has 0 aliphatic heterocycles. The largest absolute Gasteiger partial charge is 0.430 e. The van der Waals surface area contributed by atoms with E-state index >= 15 is 0 Å². The van der Waals surface area contributed by atoms with Gasteiger partial charge in [-0.25, -0.2) is 0 Å². The van der Waals surface area contributed by atoms with Crippen molar-refractivity contribution in [3.63, 3.8) is 0 Å². The van der Waals surface area contributed by atoms with Gasteiger partial charge < -0.3 is 10.1 Å². The average molecular weight is 277 g/mol. The highest BCUT2D eigenvalue weighted by molar-refractivity contribution is 5.51. The van der Waals surface area contributed by atoms with Crippen LogP contribution in [0.2, 0.25) is 0 Å².